The molecule has 0 fully saturated rings. The van der Waals surface area contributed by atoms with Gasteiger partial charge in [0, 0.05) is 0 Å². The summed E-state index contributed by atoms with van der Waals surface area (Å²) in [4.78, 5) is 0. The summed E-state index contributed by atoms with van der Waals surface area (Å²) >= 11 is 17.5. The van der Waals surface area contributed by atoms with Crippen LogP contribution in [0.4, 0.5) is 0 Å². The van der Waals surface area contributed by atoms with E-state index in [0.717, 1.165) is 23.0 Å². The molecule has 0 amide bonds. The highest BCUT2D eigenvalue weighted by molar-refractivity contribution is 8.11. The summed E-state index contributed by atoms with van der Waals surface area (Å²) in [6, 6.07) is 1.92. The number of sulfonamides is 1. The summed E-state index contributed by atoms with van der Waals surface area (Å²) in [5, 5.41) is 9.14. The van der Waals surface area contributed by atoms with E-state index in [1.807, 2.05) is 13.0 Å². The molecule has 0 aromatic heterocycles. The number of unbranched alkanes of at least 4 members (excludes halogenated alkanes) is 3. The molecule has 20 heavy (non-hydrogen) atoms. The molecule has 0 aliphatic carbocycles. The second kappa shape index (κ2) is 8.30. The summed E-state index contributed by atoms with van der Waals surface area (Å²) in [6.45, 7) is 4.98. The van der Waals surface area contributed by atoms with Gasteiger partial charge in [0.15, 0.2) is 0 Å². The first kappa shape index (κ1) is 20.6. The Bertz CT molecular complexity index is 442. The van der Waals surface area contributed by atoms with Crippen LogP contribution in [0.15, 0.2) is 0 Å². The van der Waals surface area contributed by atoms with Crippen molar-refractivity contribution < 1.29 is 8.42 Å². The number of nitriles is 1. The fourth-order valence-electron chi connectivity index (χ4n) is 1.45. The molecule has 0 radical (unpaired) electrons. The topological polar surface area (TPSA) is 61.2 Å². The van der Waals surface area contributed by atoms with Gasteiger partial charge in [-0.05, 0) is 32.2 Å². The van der Waals surface area contributed by atoms with E-state index in [0.29, 0.717) is 18.4 Å². The molecular weight excluding hydrogens is 363 g/mol. The fraction of sp³-hybridized carbons (Fsp3) is 0.909. The predicted octanol–water partition coefficient (Wildman–Crippen LogP) is 4.48. The molecule has 0 saturated carbocycles. The Hall–Kier alpha value is 0.620. The first-order valence-electron chi connectivity index (χ1n) is 6.16. The van der Waals surface area contributed by atoms with Crippen molar-refractivity contribution in [2.24, 2.45) is 0 Å². The monoisotopic (exact) mass is 380 g/mol. The van der Waals surface area contributed by atoms with Gasteiger partial charge in [-0.15, -0.1) is 3.71 Å². The molecule has 0 rings (SSSR count). The predicted molar refractivity (Wildman–Crippen MR) is 87.3 cm³/mol. The Morgan fingerprint density at radius 1 is 1.20 bits per heavy atom. The van der Waals surface area contributed by atoms with Crippen LogP contribution in [0.2, 0.25) is 0 Å². The molecule has 0 saturated heterocycles. The molecule has 0 aromatic rings. The molecule has 0 aliphatic heterocycles. The van der Waals surface area contributed by atoms with Crippen molar-refractivity contribution in [3.05, 3.63) is 0 Å². The quantitative estimate of drug-likeness (QED) is 0.353. The highest BCUT2D eigenvalue weighted by Crippen LogP contribution is 2.45. The molecule has 0 N–H and O–H groups in total. The Balaban J connectivity index is 5.07. The molecule has 0 bridgehead atoms. The van der Waals surface area contributed by atoms with Crippen LogP contribution in [-0.2, 0) is 10.0 Å². The average Bonchev–Trinajstić information content (AvgIpc) is 2.30. The van der Waals surface area contributed by atoms with Crippen molar-refractivity contribution >= 4 is 56.8 Å². The highest BCUT2D eigenvalue weighted by Gasteiger charge is 2.42. The molecule has 118 valence electrons. The molecule has 0 spiro atoms. The van der Waals surface area contributed by atoms with Crippen LogP contribution in [0, 0.1) is 11.3 Å². The second-order valence-corrected chi connectivity index (χ2v) is 11.1. The first-order chi connectivity index (χ1) is 8.96. The lowest BCUT2D eigenvalue weighted by molar-refractivity contribution is 0.429. The zero-order chi connectivity index (χ0) is 16.0. The number of nitrogens with zero attached hydrogens (tertiary/aromatic N) is 2. The number of hydrogen-bond acceptors (Lipinski definition) is 4. The fourth-order valence-corrected chi connectivity index (χ4v) is 5.38. The molecule has 0 atom stereocenters. The van der Waals surface area contributed by atoms with Crippen LogP contribution >= 0.6 is 46.8 Å². The summed E-state index contributed by atoms with van der Waals surface area (Å²) < 4.78 is 23.8. The highest BCUT2D eigenvalue weighted by atomic mass is 35.6. The summed E-state index contributed by atoms with van der Waals surface area (Å²) in [5.74, 6) is -0.0636. The van der Waals surface area contributed by atoms with Gasteiger partial charge < -0.3 is 0 Å². The summed E-state index contributed by atoms with van der Waals surface area (Å²) in [5.41, 5.74) is -1.29. The standard InChI is InChI=1S/C11H19Cl3N2O2S2/c1-4-5-6-7-8-20(17,18)16(10(2,3)9-15)19-11(12,13)14/h4-8H2,1-3H3. The van der Waals surface area contributed by atoms with Gasteiger partial charge in [0.2, 0.25) is 10.0 Å². The molecule has 9 heteroatoms. The molecule has 4 nitrogen and oxygen atoms in total. The number of rotatable bonds is 8. The lowest BCUT2D eigenvalue weighted by Crippen LogP contribution is -2.44. The Morgan fingerprint density at radius 3 is 2.15 bits per heavy atom. The number of hydrogen-bond donors (Lipinski definition) is 0. The van der Waals surface area contributed by atoms with E-state index in [1.54, 1.807) is 0 Å². The van der Waals surface area contributed by atoms with Gasteiger partial charge in [-0.25, -0.2) is 8.42 Å². The maximum absolute atomic E-state index is 12.4. The van der Waals surface area contributed by atoms with Gasteiger partial charge in [-0.1, -0.05) is 61.0 Å². The van der Waals surface area contributed by atoms with Gasteiger partial charge >= 0.3 is 0 Å². The van der Waals surface area contributed by atoms with Gasteiger partial charge in [0.25, 0.3) is 3.12 Å². The molecule has 0 unspecified atom stereocenters. The maximum atomic E-state index is 12.4. The first-order valence-corrected chi connectivity index (χ1v) is 9.68. The SMILES string of the molecule is CCCCCCS(=O)(=O)N(SC(Cl)(Cl)Cl)C(C)(C)C#N. The van der Waals surface area contributed by atoms with Crippen molar-refractivity contribution in [2.75, 3.05) is 5.75 Å². The van der Waals surface area contributed by atoms with Gasteiger partial charge in [0.1, 0.15) is 5.54 Å². The van der Waals surface area contributed by atoms with E-state index in [1.165, 1.54) is 13.8 Å². The van der Waals surface area contributed by atoms with Gasteiger partial charge in [-0.2, -0.15) is 5.26 Å². The molecular formula is C11H19Cl3N2O2S2. The lowest BCUT2D eigenvalue weighted by Gasteiger charge is -2.32. The zero-order valence-corrected chi connectivity index (χ0v) is 15.6. The second-order valence-electron chi connectivity index (χ2n) is 4.81. The van der Waals surface area contributed by atoms with E-state index in [9.17, 15) is 8.42 Å². The Labute approximate surface area is 140 Å². The third-order valence-corrected chi connectivity index (χ3v) is 6.55. The van der Waals surface area contributed by atoms with Crippen LogP contribution < -0.4 is 0 Å². The van der Waals surface area contributed by atoms with Crippen molar-refractivity contribution in [1.82, 2.24) is 3.71 Å². The van der Waals surface area contributed by atoms with Crippen molar-refractivity contribution in [3.8, 4) is 6.07 Å². The van der Waals surface area contributed by atoms with E-state index in [4.69, 9.17) is 40.1 Å². The lowest BCUT2D eigenvalue weighted by atomic mass is 10.1. The molecule has 0 aliphatic rings. The van der Waals surface area contributed by atoms with E-state index < -0.39 is 18.7 Å². The van der Waals surface area contributed by atoms with Gasteiger partial charge in [0.05, 0.1) is 11.8 Å². The number of halogens is 3. The maximum Gasteiger partial charge on any atom is 0.252 e. The third-order valence-electron chi connectivity index (χ3n) is 2.42. The number of alkyl halides is 3. The van der Waals surface area contributed by atoms with Crippen LogP contribution in [0.25, 0.3) is 0 Å². The van der Waals surface area contributed by atoms with Crippen molar-refractivity contribution in [2.45, 2.75) is 55.1 Å². The van der Waals surface area contributed by atoms with E-state index >= 15 is 0 Å². The minimum atomic E-state index is -3.69. The molecule has 0 heterocycles. The minimum Gasteiger partial charge on any atom is -0.211 e. The largest absolute Gasteiger partial charge is 0.252 e. The van der Waals surface area contributed by atoms with Gasteiger partial charge in [-0.3, -0.25) is 0 Å². The Morgan fingerprint density at radius 2 is 1.75 bits per heavy atom. The normalized spacial score (nSPS) is 13.5. The van der Waals surface area contributed by atoms with Crippen LogP contribution in [-0.4, -0.2) is 26.5 Å². The third kappa shape index (κ3) is 7.58. The minimum absolute atomic E-state index is 0.0636. The van der Waals surface area contributed by atoms with E-state index in [2.05, 4.69) is 0 Å². The van der Waals surface area contributed by atoms with E-state index in [-0.39, 0.29) is 5.75 Å². The average molecular weight is 382 g/mol. The van der Waals surface area contributed by atoms with Crippen LogP contribution in [0.3, 0.4) is 0 Å². The summed E-state index contributed by atoms with van der Waals surface area (Å²) in [6.07, 6.45) is 3.31. The molecule has 0 aromatic carbocycles. The zero-order valence-electron chi connectivity index (χ0n) is 11.7. The Kier molecular flexibility index (Phi) is 8.56. The van der Waals surface area contributed by atoms with Crippen LogP contribution in [0.5, 0.6) is 0 Å². The van der Waals surface area contributed by atoms with Crippen molar-refractivity contribution in [3.63, 3.8) is 0 Å². The summed E-state index contributed by atoms with van der Waals surface area (Å²) in [7, 11) is -3.69. The van der Waals surface area contributed by atoms with Crippen LogP contribution in [0.1, 0.15) is 46.5 Å². The smallest absolute Gasteiger partial charge is 0.211 e. The van der Waals surface area contributed by atoms with Crippen molar-refractivity contribution in [1.29, 1.82) is 5.26 Å².